The average molecular weight is 577 g/mol. The van der Waals surface area contributed by atoms with Crippen LogP contribution in [-0.2, 0) is 13.0 Å². The lowest BCUT2D eigenvalue weighted by Crippen LogP contribution is -2.38. The fourth-order valence-corrected chi connectivity index (χ4v) is 7.58. The molecule has 202 valence electrons. The Labute approximate surface area is 243 Å². The molecule has 0 radical (unpaired) electrons. The minimum Gasteiger partial charge on any atom is -0.489 e. The topological polar surface area (TPSA) is 62.1 Å². The van der Waals surface area contributed by atoms with Crippen molar-refractivity contribution in [1.82, 2.24) is 4.57 Å². The molecule has 6 nitrogen and oxygen atoms in total. The Bertz CT molecular complexity index is 2000. The average Bonchev–Trinajstić information content (AvgIpc) is 3.77. The monoisotopic (exact) mass is 576 g/mol. The first-order chi connectivity index (χ1) is 20.2. The van der Waals surface area contributed by atoms with Gasteiger partial charge in [-0.2, -0.15) is 0 Å². The second kappa shape index (κ2) is 9.90. The number of nitrogens with zero attached hydrogens (tertiary/aromatic N) is 2. The van der Waals surface area contributed by atoms with Gasteiger partial charge in [-0.1, -0.05) is 59.9 Å². The molecule has 1 atom stereocenters. The van der Waals surface area contributed by atoms with Crippen molar-refractivity contribution in [3.05, 3.63) is 137 Å². The highest BCUT2D eigenvalue weighted by Gasteiger charge is 2.33. The molecule has 0 spiro atoms. The number of thiophene rings is 1. The first kappa shape index (κ1) is 24.4. The van der Waals surface area contributed by atoms with Crippen molar-refractivity contribution in [2.24, 2.45) is 4.99 Å². The van der Waals surface area contributed by atoms with Crippen LogP contribution in [0.3, 0.4) is 0 Å². The molecular weight excluding hydrogens is 553 g/mol. The summed E-state index contributed by atoms with van der Waals surface area (Å²) in [6.07, 6.45) is 3.81. The highest BCUT2D eigenvalue weighted by Crippen LogP contribution is 2.42. The molecule has 0 bridgehead atoms. The lowest BCUT2D eigenvalue weighted by atomic mass is 9.85. The predicted molar refractivity (Wildman–Crippen MR) is 160 cm³/mol. The van der Waals surface area contributed by atoms with E-state index in [1.165, 1.54) is 32.9 Å². The number of aryl methyl sites for hydroxylation is 1. The van der Waals surface area contributed by atoms with E-state index in [2.05, 4.69) is 41.8 Å². The number of hydrogen-bond acceptors (Lipinski definition) is 7. The smallest absolute Gasteiger partial charge is 0.271 e. The van der Waals surface area contributed by atoms with Crippen LogP contribution in [0.25, 0.3) is 11.8 Å². The molecule has 41 heavy (non-hydrogen) atoms. The van der Waals surface area contributed by atoms with Crippen LogP contribution in [0.1, 0.15) is 39.6 Å². The number of fused-ring (bicyclic) bond motifs is 4. The number of allylic oxidation sites excluding steroid dienone is 1. The van der Waals surface area contributed by atoms with Gasteiger partial charge in [-0.25, -0.2) is 4.99 Å². The second-order valence-corrected chi connectivity index (χ2v) is 12.2. The van der Waals surface area contributed by atoms with Crippen molar-refractivity contribution >= 4 is 34.4 Å². The normalized spacial score (nSPS) is 17.1. The van der Waals surface area contributed by atoms with Gasteiger partial charge >= 0.3 is 0 Å². The molecule has 0 saturated carbocycles. The van der Waals surface area contributed by atoms with Gasteiger partial charge in [0.05, 0.1) is 16.3 Å². The van der Waals surface area contributed by atoms with Crippen LogP contribution in [0.5, 0.6) is 17.2 Å². The Balaban J connectivity index is 1.12. The standard InChI is InChI=1S/C33H24N2O4S2/c36-32-29(17-20-7-11-23(12-8-20)37-18-21-9-14-26-27(16-21)39-19-38-26)41-33-34-30-24-5-2-1-4-22(24)10-13-25(30)31(35(32)33)28-6-3-15-40-28/h1-9,11-12,14-17,31H,10,13,18-19H2/b29-17+/t31-/m1/s1. The zero-order valence-corrected chi connectivity index (χ0v) is 23.5. The summed E-state index contributed by atoms with van der Waals surface area (Å²) in [4.78, 5) is 20.9. The summed E-state index contributed by atoms with van der Waals surface area (Å²) in [6.45, 7) is 0.676. The Morgan fingerprint density at radius 3 is 2.73 bits per heavy atom. The first-order valence-corrected chi connectivity index (χ1v) is 15.2. The SMILES string of the molecule is O=c1/c(=C\c2ccc(OCc3ccc4c(c3)OCO4)cc2)sc2n1[C@@H](c1cccs1)C1=C(N=2)c2ccccc2CC1. The largest absolute Gasteiger partial charge is 0.489 e. The summed E-state index contributed by atoms with van der Waals surface area (Å²) >= 11 is 3.15. The predicted octanol–water partition coefficient (Wildman–Crippen LogP) is 5.69. The highest BCUT2D eigenvalue weighted by atomic mass is 32.1. The molecule has 5 aromatic rings. The quantitative estimate of drug-likeness (QED) is 0.270. The number of rotatable bonds is 5. The van der Waals surface area contributed by atoms with Crippen LogP contribution in [-0.4, -0.2) is 11.4 Å². The second-order valence-electron chi connectivity index (χ2n) is 10.2. The van der Waals surface area contributed by atoms with Gasteiger partial charge in [-0.05, 0) is 76.9 Å². The summed E-state index contributed by atoms with van der Waals surface area (Å²) in [6, 6.07) is 26.2. The molecule has 8 heteroatoms. The highest BCUT2D eigenvalue weighted by molar-refractivity contribution is 7.10. The molecule has 2 aromatic heterocycles. The van der Waals surface area contributed by atoms with Gasteiger partial charge in [0, 0.05) is 10.4 Å². The lowest BCUT2D eigenvalue weighted by molar-refractivity contribution is 0.174. The van der Waals surface area contributed by atoms with Crippen molar-refractivity contribution in [2.75, 3.05) is 6.79 Å². The van der Waals surface area contributed by atoms with Crippen molar-refractivity contribution in [3.8, 4) is 17.2 Å². The maximum absolute atomic E-state index is 13.9. The van der Waals surface area contributed by atoms with E-state index in [1.807, 2.05) is 53.1 Å². The van der Waals surface area contributed by atoms with Crippen molar-refractivity contribution in [2.45, 2.75) is 25.5 Å². The van der Waals surface area contributed by atoms with Gasteiger partial charge in [0.2, 0.25) is 6.79 Å². The van der Waals surface area contributed by atoms with Crippen LogP contribution in [0.2, 0.25) is 0 Å². The number of hydrogen-bond donors (Lipinski definition) is 0. The summed E-state index contributed by atoms with van der Waals surface area (Å²) in [5.74, 6) is 2.26. The molecule has 0 fully saturated rings. The Morgan fingerprint density at radius 2 is 1.85 bits per heavy atom. The van der Waals surface area contributed by atoms with E-state index in [-0.39, 0.29) is 18.4 Å². The number of thiazole rings is 1. The Morgan fingerprint density at radius 1 is 0.976 bits per heavy atom. The van der Waals surface area contributed by atoms with Gasteiger partial charge in [-0.3, -0.25) is 9.36 Å². The molecule has 0 N–H and O–H groups in total. The van der Waals surface area contributed by atoms with Crippen LogP contribution in [0.4, 0.5) is 0 Å². The van der Waals surface area contributed by atoms with E-state index < -0.39 is 0 Å². The van der Waals surface area contributed by atoms with Crippen LogP contribution >= 0.6 is 22.7 Å². The van der Waals surface area contributed by atoms with Crippen molar-refractivity contribution < 1.29 is 14.2 Å². The van der Waals surface area contributed by atoms with Gasteiger partial charge < -0.3 is 14.2 Å². The third kappa shape index (κ3) is 4.31. The van der Waals surface area contributed by atoms with Crippen LogP contribution in [0.15, 0.2) is 99.6 Å². The van der Waals surface area contributed by atoms with E-state index in [1.54, 1.807) is 11.3 Å². The van der Waals surface area contributed by atoms with Crippen molar-refractivity contribution in [3.63, 3.8) is 0 Å². The summed E-state index contributed by atoms with van der Waals surface area (Å²) in [7, 11) is 0. The lowest BCUT2D eigenvalue weighted by Gasteiger charge is -2.30. The summed E-state index contributed by atoms with van der Waals surface area (Å²) in [5, 5.41) is 2.08. The zero-order valence-electron chi connectivity index (χ0n) is 21.9. The molecule has 3 aromatic carbocycles. The van der Waals surface area contributed by atoms with E-state index >= 15 is 0 Å². The van der Waals surface area contributed by atoms with Crippen molar-refractivity contribution in [1.29, 1.82) is 0 Å². The van der Waals surface area contributed by atoms with Gasteiger partial charge in [0.15, 0.2) is 16.3 Å². The molecule has 4 heterocycles. The minimum atomic E-state index is -0.122. The van der Waals surface area contributed by atoms with Gasteiger partial charge in [-0.15, -0.1) is 11.3 Å². The van der Waals surface area contributed by atoms with E-state index in [0.717, 1.165) is 51.7 Å². The molecule has 2 aliphatic heterocycles. The zero-order chi connectivity index (χ0) is 27.3. The molecule has 1 aliphatic carbocycles. The first-order valence-electron chi connectivity index (χ1n) is 13.5. The van der Waals surface area contributed by atoms with Crippen LogP contribution in [0, 0.1) is 0 Å². The number of aromatic nitrogens is 1. The summed E-state index contributed by atoms with van der Waals surface area (Å²) in [5.41, 5.74) is 6.71. The fraction of sp³-hybridized carbons (Fsp3) is 0.152. The fourth-order valence-electron chi connectivity index (χ4n) is 5.73. The maximum Gasteiger partial charge on any atom is 0.271 e. The number of ether oxygens (including phenoxy) is 3. The molecule has 0 amide bonds. The maximum atomic E-state index is 13.9. The number of benzene rings is 3. The Hall–Kier alpha value is -4.40. The summed E-state index contributed by atoms with van der Waals surface area (Å²) < 4.78 is 19.4. The van der Waals surface area contributed by atoms with E-state index in [4.69, 9.17) is 19.2 Å². The van der Waals surface area contributed by atoms with Crippen LogP contribution < -0.4 is 29.1 Å². The Kier molecular flexibility index (Phi) is 5.89. The third-order valence-corrected chi connectivity index (χ3v) is 9.61. The molecule has 0 saturated heterocycles. The molecule has 3 aliphatic rings. The van der Waals surface area contributed by atoms with E-state index in [0.29, 0.717) is 11.1 Å². The third-order valence-electron chi connectivity index (χ3n) is 7.71. The van der Waals surface area contributed by atoms with Gasteiger partial charge in [0.1, 0.15) is 12.4 Å². The molecule has 8 rings (SSSR count). The molecular formula is C33H24N2O4S2. The van der Waals surface area contributed by atoms with Gasteiger partial charge in [0.25, 0.3) is 5.56 Å². The van der Waals surface area contributed by atoms with E-state index in [9.17, 15) is 4.79 Å². The molecule has 0 unspecified atom stereocenters. The minimum absolute atomic E-state index is 0.000642.